The number of Topliss-reactive ketones (excluding diaryl/α,β-unsaturated/α-hetero) is 1. The van der Waals surface area contributed by atoms with Gasteiger partial charge in [0, 0.05) is 18.3 Å². The summed E-state index contributed by atoms with van der Waals surface area (Å²) in [6.45, 7) is 10.4. The summed E-state index contributed by atoms with van der Waals surface area (Å²) in [5.74, 6) is 1.01. The molecule has 0 saturated heterocycles. The van der Waals surface area contributed by atoms with Crippen molar-refractivity contribution in [1.82, 2.24) is 0 Å². The van der Waals surface area contributed by atoms with E-state index in [4.69, 9.17) is 0 Å². The number of aliphatic hydroxyl groups is 1. The van der Waals surface area contributed by atoms with Crippen LogP contribution in [0.5, 0.6) is 0 Å². The zero-order chi connectivity index (χ0) is 12.8. The minimum Gasteiger partial charge on any atom is -0.389 e. The lowest BCUT2D eigenvalue weighted by Crippen LogP contribution is -2.58. The first-order valence-electron chi connectivity index (χ1n) is 6.68. The Bertz CT molecular complexity index is 360. The third-order valence-corrected chi connectivity index (χ3v) is 5.45. The highest BCUT2D eigenvalue weighted by Crippen LogP contribution is 2.57. The molecule has 2 rings (SSSR count). The van der Waals surface area contributed by atoms with Crippen molar-refractivity contribution in [1.29, 1.82) is 0 Å². The number of fused-ring (bicyclic) bond motifs is 1. The Morgan fingerprint density at radius 1 is 1.53 bits per heavy atom. The summed E-state index contributed by atoms with van der Waals surface area (Å²) in [5, 5.41) is 10.8. The van der Waals surface area contributed by atoms with Crippen molar-refractivity contribution in [3.05, 3.63) is 12.2 Å². The van der Waals surface area contributed by atoms with Crippen LogP contribution in [0.15, 0.2) is 12.2 Å². The van der Waals surface area contributed by atoms with Crippen molar-refractivity contribution in [3.8, 4) is 0 Å². The van der Waals surface area contributed by atoms with Gasteiger partial charge in [-0.1, -0.05) is 26.0 Å². The molecule has 0 aromatic carbocycles. The van der Waals surface area contributed by atoms with E-state index in [0.717, 1.165) is 19.3 Å². The summed E-state index contributed by atoms with van der Waals surface area (Å²) in [4.78, 5) is 11.7. The zero-order valence-electron chi connectivity index (χ0n) is 11.3. The van der Waals surface area contributed by atoms with E-state index < -0.39 is 5.60 Å². The lowest BCUT2D eigenvalue weighted by molar-refractivity contribution is -0.174. The molecule has 17 heavy (non-hydrogen) atoms. The SMILES string of the molecule is C=C(C)C1CCC2(O)CC(=O)C[C@@H](C)[C@]2(C)C1. The third-order valence-electron chi connectivity index (χ3n) is 5.45. The summed E-state index contributed by atoms with van der Waals surface area (Å²) < 4.78 is 0. The molecule has 4 atom stereocenters. The molecule has 0 aromatic rings. The van der Waals surface area contributed by atoms with E-state index in [1.807, 2.05) is 0 Å². The maximum absolute atomic E-state index is 11.7. The molecule has 0 amide bonds. The minimum absolute atomic E-state index is 0.122. The normalized spacial score (nSPS) is 46.5. The van der Waals surface area contributed by atoms with Gasteiger partial charge in [0.2, 0.25) is 0 Å². The summed E-state index contributed by atoms with van der Waals surface area (Å²) in [6.07, 6.45) is 3.68. The van der Waals surface area contributed by atoms with Gasteiger partial charge in [-0.25, -0.2) is 0 Å². The predicted octanol–water partition coefficient (Wildman–Crippen LogP) is 3.10. The summed E-state index contributed by atoms with van der Waals surface area (Å²) in [5.41, 5.74) is 0.327. The Morgan fingerprint density at radius 3 is 2.76 bits per heavy atom. The molecule has 1 N–H and O–H groups in total. The highest BCUT2D eigenvalue weighted by atomic mass is 16.3. The van der Waals surface area contributed by atoms with Gasteiger partial charge in [-0.2, -0.15) is 0 Å². The van der Waals surface area contributed by atoms with Gasteiger partial charge in [-0.3, -0.25) is 4.79 Å². The Kier molecular flexibility index (Phi) is 2.97. The van der Waals surface area contributed by atoms with Gasteiger partial charge in [0.1, 0.15) is 5.78 Å². The number of ketones is 1. The van der Waals surface area contributed by atoms with Gasteiger partial charge in [0.25, 0.3) is 0 Å². The molecule has 0 heterocycles. The number of hydrogen-bond acceptors (Lipinski definition) is 2. The fourth-order valence-electron chi connectivity index (χ4n) is 3.84. The standard InChI is InChI=1S/C15H24O2/c1-10(2)12-5-6-15(17)9-13(16)7-11(3)14(15,4)8-12/h11-12,17H,1,5-9H2,2-4H3/t11-,12?,14+,15?/m1/s1. The molecular weight excluding hydrogens is 212 g/mol. The van der Waals surface area contributed by atoms with Crippen molar-refractivity contribution in [2.45, 2.75) is 58.5 Å². The molecular formula is C15H24O2. The van der Waals surface area contributed by atoms with Gasteiger partial charge >= 0.3 is 0 Å². The minimum atomic E-state index is -0.770. The van der Waals surface area contributed by atoms with E-state index in [1.54, 1.807) is 0 Å². The molecule has 2 fully saturated rings. The topological polar surface area (TPSA) is 37.3 Å². The van der Waals surface area contributed by atoms with Crippen LogP contribution in [0.25, 0.3) is 0 Å². The predicted molar refractivity (Wildman–Crippen MR) is 68.6 cm³/mol. The van der Waals surface area contributed by atoms with Crippen LogP contribution in [0.3, 0.4) is 0 Å². The molecule has 2 saturated carbocycles. The Morgan fingerprint density at radius 2 is 2.18 bits per heavy atom. The highest BCUT2D eigenvalue weighted by molar-refractivity contribution is 5.81. The van der Waals surface area contributed by atoms with Gasteiger partial charge in [0.05, 0.1) is 5.60 Å². The first kappa shape index (κ1) is 12.8. The monoisotopic (exact) mass is 236 g/mol. The Labute approximate surface area is 104 Å². The van der Waals surface area contributed by atoms with Crippen molar-refractivity contribution in [2.75, 3.05) is 0 Å². The number of carbonyl (C=O) groups is 1. The fraction of sp³-hybridized carbons (Fsp3) is 0.800. The summed E-state index contributed by atoms with van der Waals surface area (Å²) >= 11 is 0. The van der Waals surface area contributed by atoms with Crippen molar-refractivity contribution in [3.63, 3.8) is 0 Å². The third kappa shape index (κ3) is 1.87. The second kappa shape index (κ2) is 3.94. The number of allylic oxidation sites excluding steroid dienone is 1. The lowest BCUT2D eigenvalue weighted by Gasteiger charge is -2.56. The van der Waals surface area contributed by atoms with Crippen LogP contribution >= 0.6 is 0 Å². The van der Waals surface area contributed by atoms with Crippen LogP contribution in [0.1, 0.15) is 52.9 Å². The van der Waals surface area contributed by atoms with Crippen LogP contribution in [-0.2, 0) is 4.79 Å². The van der Waals surface area contributed by atoms with Crippen molar-refractivity contribution >= 4 is 5.78 Å². The first-order valence-corrected chi connectivity index (χ1v) is 6.68. The van der Waals surface area contributed by atoms with Gasteiger partial charge in [0.15, 0.2) is 0 Å². The Balaban J connectivity index is 2.30. The molecule has 2 unspecified atom stereocenters. The molecule has 2 aliphatic rings. The number of rotatable bonds is 1. The van der Waals surface area contributed by atoms with E-state index >= 15 is 0 Å². The maximum Gasteiger partial charge on any atom is 0.136 e. The van der Waals surface area contributed by atoms with Crippen LogP contribution in [-0.4, -0.2) is 16.5 Å². The average Bonchev–Trinajstić information content (AvgIpc) is 2.20. The summed E-state index contributed by atoms with van der Waals surface area (Å²) in [6, 6.07) is 0. The smallest absolute Gasteiger partial charge is 0.136 e. The van der Waals surface area contributed by atoms with E-state index in [-0.39, 0.29) is 17.1 Å². The van der Waals surface area contributed by atoms with Gasteiger partial charge < -0.3 is 5.11 Å². The average molecular weight is 236 g/mol. The second-order valence-corrected chi connectivity index (χ2v) is 6.56. The molecule has 0 aromatic heterocycles. The van der Waals surface area contributed by atoms with Crippen molar-refractivity contribution in [2.24, 2.45) is 17.3 Å². The number of carbonyl (C=O) groups excluding carboxylic acids is 1. The highest BCUT2D eigenvalue weighted by Gasteiger charge is 2.57. The molecule has 2 nitrogen and oxygen atoms in total. The van der Waals surface area contributed by atoms with E-state index in [9.17, 15) is 9.90 Å². The van der Waals surface area contributed by atoms with E-state index in [0.29, 0.717) is 18.8 Å². The van der Waals surface area contributed by atoms with Crippen LogP contribution in [0, 0.1) is 17.3 Å². The molecule has 0 spiro atoms. The maximum atomic E-state index is 11.7. The molecule has 2 aliphatic carbocycles. The van der Waals surface area contributed by atoms with Crippen LogP contribution in [0.2, 0.25) is 0 Å². The molecule has 0 aliphatic heterocycles. The molecule has 0 bridgehead atoms. The molecule has 0 radical (unpaired) electrons. The first-order chi connectivity index (χ1) is 7.78. The second-order valence-electron chi connectivity index (χ2n) is 6.56. The van der Waals surface area contributed by atoms with Crippen LogP contribution < -0.4 is 0 Å². The molecule has 2 heteroatoms. The van der Waals surface area contributed by atoms with E-state index in [2.05, 4.69) is 27.4 Å². The van der Waals surface area contributed by atoms with Gasteiger partial charge in [-0.15, -0.1) is 0 Å². The largest absolute Gasteiger partial charge is 0.389 e. The number of hydrogen-bond donors (Lipinski definition) is 1. The van der Waals surface area contributed by atoms with E-state index in [1.165, 1.54) is 5.57 Å². The zero-order valence-corrected chi connectivity index (χ0v) is 11.3. The lowest BCUT2D eigenvalue weighted by atomic mass is 9.51. The van der Waals surface area contributed by atoms with Crippen LogP contribution in [0.4, 0.5) is 0 Å². The Hall–Kier alpha value is -0.630. The van der Waals surface area contributed by atoms with Crippen molar-refractivity contribution < 1.29 is 9.90 Å². The quantitative estimate of drug-likeness (QED) is 0.710. The molecule has 96 valence electrons. The summed E-state index contributed by atoms with van der Waals surface area (Å²) in [7, 11) is 0. The fourth-order valence-corrected chi connectivity index (χ4v) is 3.84. The van der Waals surface area contributed by atoms with Gasteiger partial charge in [-0.05, 0) is 38.0 Å².